The monoisotopic (exact) mass is 506 g/mol. The number of hydrogen-bond donors (Lipinski definition) is 1. The fraction of sp³-hybridized carbons (Fsp3) is 0.321. The zero-order chi connectivity index (χ0) is 25.9. The van der Waals surface area contributed by atoms with Crippen molar-refractivity contribution in [3.05, 3.63) is 70.8 Å². The highest BCUT2D eigenvalue weighted by atomic mass is 35.5. The molecule has 4 rings (SSSR count). The van der Waals surface area contributed by atoms with Crippen LogP contribution in [0.25, 0.3) is 10.9 Å². The Kier molecular flexibility index (Phi) is 7.70. The first-order valence-electron chi connectivity index (χ1n) is 11.6. The highest BCUT2D eigenvalue weighted by molar-refractivity contribution is 6.31. The molecule has 8 heteroatoms. The maximum atomic E-state index is 14.6. The number of ketones is 1. The minimum atomic E-state index is -0.575. The molecule has 0 amide bonds. The summed E-state index contributed by atoms with van der Waals surface area (Å²) in [5.41, 5.74) is 2.50. The Morgan fingerprint density at radius 1 is 1.36 bits per heavy atom. The summed E-state index contributed by atoms with van der Waals surface area (Å²) in [7, 11) is 3.61. The summed E-state index contributed by atoms with van der Waals surface area (Å²) in [5, 5.41) is 3.65. The van der Waals surface area contributed by atoms with Crippen LogP contribution < -0.4 is 5.32 Å². The van der Waals surface area contributed by atoms with Crippen molar-refractivity contribution in [1.29, 1.82) is 0 Å². The second-order valence-electron chi connectivity index (χ2n) is 9.41. The third-order valence-electron chi connectivity index (χ3n) is 6.29. The van der Waals surface area contributed by atoms with Gasteiger partial charge < -0.3 is 15.0 Å². The van der Waals surface area contributed by atoms with E-state index in [1.807, 2.05) is 12.1 Å². The van der Waals surface area contributed by atoms with E-state index in [9.17, 15) is 9.18 Å². The Bertz CT molecular complexity index is 1400. The SMILES string of the molecule is C=C(COC)C(=O)Cc1cc2c(Nc3cccc(Cl)c3F)ncnc2cc1C#C[C@@]1(C)CCN(C)C1. The molecule has 6 nitrogen and oxygen atoms in total. The first kappa shape index (κ1) is 25.8. The Labute approximate surface area is 215 Å². The van der Waals surface area contributed by atoms with E-state index in [0.29, 0.717) is 22.3 Å². The maximum absolute atomic E-state index is 14.6. The lowest BCUT2D eigenvalue weighted by atomic mass is 9.89. The molecular weight excluding hydrogens is 479 g/mol. The number of methoxy groups -OCH3 is 1. The van der Waals surface area contributed by atoms with E-state index < -0.39 is 5.82 Å². The maximum Gasteiger partial charge on any atom is 0.165 e. The van der Waals surface area contributed by atoms with E-state index >= 15 is 0 Å². The third kappa shape index (κ3) is 5.73. The van der Waals surface area contributed by atoms with Gasteiger partial charge in [0.15, 0.2) is 11.6 Å². The van der Waals surface area contributed by atoms with Crippen LogP contribution in [0.5, 0.6) is 0 Å². The van der Waals surface area contributed by atoms with Crippen molar-refractivity contribution < 1.29 is 13.9 Å². The summed E-state index contributed by atoms with van der Waals surface area (Å²) in [6, 6.07) is 8.40. The number of aromatic nitrogens is 2. The van der Waals surface area contributed by atoms with Gasteiger partial charge in [0.25, 0.3) is 0 Å². The number of nitrogens with one attached hydrogen (secondary N) is 1. The second kappa shape index (κ2) is 10.8. The molecule has 0 unspecified atom stereocenters. The Morgan fingerprint density at radius 2 is 2.17 bits per heavy atom. The van der Waals surface area contributed by atoms with E-state index in [2.05, 4.69) is 52.6 Å². The molecule has 36 heavy (non-hydrogen) atoms. The van der Waals surface area contributed by atoms with Crippen LogP contribution in [0.3, 0.4) is 0 Å². The van der Waals surface area contributed by atoms with Crippen LogP contribution in [0.2, 0.25) is 5.02 Å². The van der Waals surface area contributed by atoms with Crippen molar-refractivity contribution in [2.75, 3.05) is 39.2 Å². The van der Waals surface area contributed by atoms with Crippen molar-refractivity contribution in [3.8, 4) is 11.8 Å². The highest BCUT2D eigenvalue weighted by Crippen LogP contribution is 2.31. The van der Waals surface area contributed by atoms with Crippen LogP contribution >= 0.6 is 11.6 Å². The molecule has 1 atom stereocenters. The van der Waals surface area contributed by atoms with Gasteiger partial charge in [-0.15, -0.1) is 0 Å². The van der Waals surface area contributed by atoms with Crippen molar-refractivity contribution in [2.45, 2.75) is 19.8 Å². The van der Waals surface area contributed by atoms with Gasteiger partial charge in [0.05, 0.1) is 22.8 Å². The Balaban J connectivity index is 1.79. The third-order valence-corrected chi connectivity index (χ3v) is 6.58. The average Bonchev–Trinajstić information content (AvgIpc) is 3.19. The molecule has 186 valence electrons. The molecule has 2 heterocycles. The number of likely N-dealkylation sites (tertiary alicyclic amines) is 1. The van der Waals surface area contributed by atoms with Gasteiger partial charge in [-0.25, -0.2) is 14.4 Å². The number of rotatable bonds is 7. The lowest BCUT2D eigenvalue weighted by molar-refractivity contribution is -0.115. The first-order valence-corrected chi connectivity index (χ1v) is 12.0. The summed E-state index contributed by atoms with van der Waals surface area (Å²) >= 11 is 5.94. The van der Waals surface area contributed by atoms with Crippen LogP contribution in [0.1, 0.15) is 24.5 Å². The van der Waals surface area contributed by atoms with Gasteiger partial charge in [-0.1, -0.05) is 36.1 Å². The topological polar surface area (TPSA) is 67.3 Å². The lowest BCUT2D eigenvalue weighted by Crippen LogP contribution is -2.20. The minimum Gasteiger partial charge on any atom is -0.380 e. The minimum absolute atomic E-state index is 0.00455. The highest BCUT2D eigenvalue weighted by Gasteiger charge is 2.30. The molecule has 1 fully saturated rings. The number of ether oxygens (including phenoxy) is 1. The van der Waals surface area contributed by atoms with Crippen molar-refractivity contribution in [3.63, 3.8) is 0 Å². The molecule has 3 aromatic rings. The van der Waals surface area contributed by atoms with E-state index in [1.54, 1.807) is 12.1 Å². The Morgan fingerprint density at radius 3 is 2.89 bits per heavy atom. The van der Waals surface area contributed by atoms with Gasteiger partial charge in [0.2, 0.25) is 0 Å². The van der Waals surface area contributed by atoms with Crippen LogP contribution in [-0.2, 0) is 16.0 Å². The van der Waals surface area contributed by atoms with Crippen molar-refractivity contribution in [2.24, 2.45) is 5.41 Å². The van der Waals surface area contributed by atoms with Gasteiger partial charge >= 0.3 is 0 Å². The first-order chi connectivity index (χ1) is 17.2. The van der Waals surface area contributed by atoms with E-state index in [-0.39, 0.29) is 34.9 Å². The molecule has 0 spiro atoms. The van der Waals surface area contributed by atoms with Crippen molar-refractivity contribution >= 4 is 39.8 Å². The summed E-state index contributed by atoms with van der Waals surface area (Å²) in [6.45, 7) is 8.03. The molecule has 1 N–H and O–H groups in total. The lowest BCUT2D eigenvalue weighted by Gasteiger charge is -2.16. The van der Waals surface area contributed by atoms with Crippen LogP contribution in [0.15, 0.2) is 48.8 Å². The molecule has 1 aliphatic heterocycles. The van der Waals surface area contributed by atoms with Gasteiger partial charge in [0, 0.05) is 42.0 Å². The Hall–Kier alpha value is -3.31. The summed E-state index contributed by atoms with van der Waals surface area (Å²) in [4.78, 5) is 23.9. The van der Waals surface area contributed by atoms with Gasteiger partial charge in [-0.2, -0.15) is 0 Å². The normalized spacial score (nSPS) is 17.6. The number of hydrogen-bond acceptors (Lipinski definition) is 6. The van der Waals surface area contributed by atoms with E-state index in [1.165, 1.54) is 19.5 Å². The van der Waals surface area contributed by atoms with E-state index in [4.69, 9.17) is 16.3 Å². The van der Waals surface area contributed by atoms with Crippen LogP contribution in [-0.4, -0.2) is 54.5 Å². The number of benzene rings is 2. The molecule has 1 saturated heterocycles. The fourth-order valence-electron chi connectivity index (χ4n) is 4.30. The molecule has 1 aliphatic rings. The average molecular weight is 507 g/mol. The second-order valence-corrected chi connectivity index (χ2v) is 9.82. The quantitative estimate of drug-likeness (QED) is 0.352. The number of halogens is 2. The van der Waals surface area contributed by atoms with Gasteiger partial charge in [0.1, 0.15) is 12.1 Å². The number of carbonyl (C=O) groups excluding carboxylic acids is 1. The molecule has 1 aromatic heterocycles. The molecule has 0 aliphatic carbocycles. The predicted molar refractivity (Wildman–Crippen MR) is 141 cm³/mol. The molecule has 0 bridgehead atoms. The van der Waals surface area contributed by atoms with Crippen molar-refractivity contribution in [1.82, 2.24) is 14.9 Å². The molecule has 0 saturated carbocycles. The van der Waals surface area contributed by atoms with Gasteiger partial charge in [-0.05, 0) is 56.8 Å². The van der Waals surface area contributed by atoms with Gasteiger partial charge in [-0.3, -0.25) is 4.79 Å². The zero-order valence-electron chi connectivity index (χ0n) is 20.6. The summed E-state index contributed by atoms with van der Waals surface area (Å²) < 4.78 is 19.6. The molecule has 0 radical (unpaired) electrons. The van der Waals surface area contributed by atoms with Crippen LogP contribution in [0, 0.1) is 23.1 Å². The number of carbonyl (C=O) groups is 1. The number of nitrogens with zero attached hydrogens (tertiary/aromatic N) is 3. The predicted octanol–water partition coefficient (Wildman–Crippen LogP) is 5.17. The molecule has 2 aromatic carbocycles. The standard InChI is InChI=1S/C28H28ClFN4O2/c1-18(15-36-4)25(35)14-20-12-21-24(13-19(20)8-9-28(2)10-11-34(3)16-28)31-17-32-27(21)33-23-7-5-6-22(29)26(23)30/h5-7,12-13,17H,1,10-11,14-16H2,2-4H3,(H,31,32,33)/t28-/m0/s1. The number of anilines is 2. The largest absolute Gasteiger partial charge is 0.380 e. The van der Waals surface area contributed by atoms with E-state index in [0.717, 1.165) is 30.6 Å². The van der Waals surface area contributed by atoms with Crippen LogP contribution in [0.4, 0.5) is 15.9 Å². The summed E-state index contributed by atoms with van der Waals surface area (Å²) in [6.07, 6.45) is 2.48. The molecular formula is C28H28ClFN4O2. The summed E-state index contributed by atoms with van der Waals surface area (Å²) in [5.74, 6) is 6.44. The zero-order valence-corrected chi connectivity index (χ0v) is 21.4. The number of Topliss-reactive ketones (excluding diaryl/α,β-unsaturated/α-hetero) is 1. The smallest absolute Gasteiger partial charge is 0.165 e. The number of fused-ring (bicyclic) bond motifs is 1. The fourth-order valence-corrected chi connectivity index (χ4v) is 4.48.